The van der Waals surface area contributed by atoms with E-state index >= 15 is 0 Å². The third-order valence-electron chi connectivity index (χ3n) is 2.72. The minimum Gasteiger partial charge on any atom is -0.480 e. The smallest absolute Gasteiger partial charge is 0.326 e. The molecule has 1 unspecified atom stereocenters. The summed E-state index contributed by atoms with van der Waals surface area (Å²) >= 11 is 0. The second-order valence-corrected chi connectivity index (χ2v) is 5.64. The highest BCUT2D eigenvalue weighted by atomic mass is 16.5. The molecule has 7 heteroatoms. The Balaban J connectivity index is 4.45. The lowest BCUT2D eigenvalue weighted by atomic mass is 9.87. The Morgan fingerprint density at radius 1 is 1.14 bits per heavy atom. The summed E-state index contributed by atoms with van der Waals surface area (Å²) in [6, 6.07) is -1.29. The minimum absolute atomic E-state index is 0.126. The lowest BCUT2D eigenvalue weighted by Crippen LogP contribution is -2.43. The second kappa shape index (κ2) is 8.39. The Morgan fingerprint density at radius 2 is 1.71 bits per heavy atom. The van der Waals surface area contributed by atoms with Crippen molar-refractivity contribution >= 4 is 23.6 Å². The maximum absolute atomic E-state index is 11.8. The number of aliphatic carboxylic acids is 1. The number of amides is 1. The first kappa shape index (κ1) is 19.1. The van der Waals surface area contributed by atoms with Gasteiger partial charge in [0.25, 0.3) is 0 Å². The fourth-order valence-corrected chi connectivity index (χ4v) is 1.41. The zero-order chi connectivity index (χ0) is 16.6. The third-order valence-corrected chi connectivity index (χ3v) is 2.72. The van der Waals surface area contributed by atoms with E-state index in [0.717, 1.165) is 0 Å². The van der Waals surface area contributed by atoms with Gasteiger partial charge < -0.3 is 15.2 Å². The van der Waals surface area contributed by atoms with Crippen LogP contribution in [0.3, 0.4) is 0 Å². The fraction of sp³-hybridized carbons (Fsp3) is 0.714. The maximum Gasteiger partial charge on any atom is 0.326 e. The van der Waals surface area contributed by atoms with Crippen molar-refractivity contribution in [2.45, 2.75) is 53.0 Å². The number of ether oxygens (including phenoxy) is 1. The van der Waals surface area contributed by atoms with Gasteiger partial charge in [-0.05, 0) is 6.92 Å². The Morgan fingerprint density at radius 3 is 2.14 bits per heavy atom. The zero-order valence-corrected chi connectivity index (χ0v) is 12.9. The first-order valence-electron chi connectivity index (χ1n) is 6.79. The molecule has 0 aliphatic carbocycles. The van der Waals surface area contributed by atoms with E-state index in [-0.39, 0.29) is 31.7 Å². The molecule has 21 heavy (non-hydrogen) atoms. The van der Waals surface area contributed by atoms with E-state index in [1.54, 1.807) is 27.7 Å². The summed E-state index contributed by atoms with van der Waals surface area (Å²) in [6.45, 7) is 6.90. The molecule has 0 saturated heterocycles. The van der Waals surface area contributed by atoms with Gasteiger partial charge in [0.15, 0.2) is 0 Å². The Kier molecular flexibility index (Phi) is 7.62. The molecule has 0 rings (SSSR count). The van der Waals surface area contributed by atoms with Gasteiger partial charge in [-0.1, -0.05) is 20.8 Å². The van der Waals surface area contributed by atoms with Crippen LogP contribution in [0.5, 0.6) is 0 Å². The fourth-order valence-electron chi connectivity index (χ4n) is 1.41. The molecule has 2 N–H and O–H groups in total. The lowest BCUT2D eigenvalue weighted by molar-refractivity contribution is -0.145. The minimum atomic E-state index is -1.29. The molecule has 0 aromatic carbocycles. The van der Waals surface area contributed by atoms with Crippen molar-refractivity contribution in [3.8, 4) is 0 Å². The Bertz CT molecular complexity index is 410. The van der Waals surface area contributed by atoms with Crippen LogP contribution in [-0.4, -0.2) is 41.4 Å². The SMILES string of the molecule is CCOC(=O)CCC(=O)NC(CC(=O)C(C)(C)C)C(=O)O. The van der Waals surface area contributed by atoms with Gasteiger partial charge in [0, 0.05) is 18.3 Å². The van der Waals surface area contributed by atoms with Crippen LogP contribution in [0.1, 0.15) is 47.0 Å². The number of carbonyl (C=O) groups excluding carboxylic acids is 3. The van der Waals surface area contributed by atoms with Gasteiger partial charge in [0.1, 0.15) is 11.8 Å². The predicted octanol–water partition coefficient (Wildman–Crippen LogP) is 0.904. The molecular formula is C14H23NO6. The largest absolute Gasteiger partial charge is 0.480 e. The van der Waals surface area contributed by atoms with Gasteiger partial charge in [-0.25, -0.2) is 4.79 Å². The second-order valence-electron chi connectivity index (χ2n) is 5.64. The molecule has 0 aliphatic heterocycles. The van der Waals surface area contributed by atoms with Gasteiger partial charge in [-0.2, -0.15) is 0 Å². The monoisotopic (exact) mass is 301 g/mol. The van der Waals surface area contributed by atoms with E-state index < -0.39 is 29.3 Å². The lowest BCUT2D eigenvalue weighted by Gasteiger charge is -2.20. The summed E-state index contributed by atoms with van der Waals surface area (Å²) in [6.07, 6.45) is -0.588. The van der Waals surface area contributed by atoms with Crippen molar-refractivity contribution in [2.24, 2.45) is 5.41 Å². The number of hydrogen-bond acceptors (Lipinski definition) is 5. The molecule has 0 radical (unpaired) electrons. The number of rotatable bonds is 8. The Hall–Kier alpha value is -1.92. The molecule has 0 bridgehead atoms. The number of carboxylic acid groups (broad SMARTS) is 1. The van der Waals surface area contributed by atoms with Crippen LogP contribution in [0.15, 0.2) is 0 Å². The van der Waals surface area contributed by atoms with E-state index in [0.29, 0.717) is 0 Å². The van der Waals surface area contributed by atoms with Crippen LogP contribution < -0.4 is 5.32 Å². The molecule has 0 aliphatic rings. The summed E-state index contributed by atoms with van der Waals surface area (Å²) in [5, 5.41) is 11.3. The van der Waals surface area contributed by atoms with Crippen LogP contribution in [0.4, 0.5) is 0 Å². The summed E-state index contributed by atoms with van der Waals surface area (Å²) in [7, 11) is 0. The van der Waals surface area contributed by atoms with Gasteiger partial charge >= 0.3 is 11.9 Å². The normalized spacial score (nSPS) is 12.4. The number of nitrogens with one attached hydrogen (secondary N) is 1. The molecule has 0 saturated carbocycles. The van der Waals surface area contributed by atoms with Crippen molar-refractivity contribution in [3.63, 3.8) is 0 Å². The third kappa shape index (κ3) is 8.06. The molecule has 0 fully saturated rings. The van der Waals surface area contributed by atoms with Gasteiger partial charge in [-0.15, -0.1) is 0 Å². The van der Waals surface area contributed by atoms with Gasteiger partial charge in [0.2, 0.25) is 5.91 Å². The van der Waals surface area contributed by atoms with Crippen LogP contribution in [-0.2, 0) is 23.9 Å². The standard InChI is InChI=1S/C14H23NO6/c1-5-21-12(18)7-6-11(17)15-9(13(19)20)8-10(16)14(2,3)4/h9H,5-8H2,1-4H3,(H,15,17)(H,19,20). The summed E-state index contributed by atoms with van der Waals surface area (Å²) in [4.78, 5) is 45.6. The van der Waals surface area contributed by atoms with Crippen molar-refractivity contribution < 1.29 is 29.0 Å². The Labute approximate surface area is 124 Å². The molecule has 0 aromatic rings. The average Bonchev–Trinajstić information content (AvgIpc) is 2.34. The molecule has 0 spiro atoms. The van der Waals surface area contributed by atoms with Crippen LogP contribution in [0.2, 0.25) is 0 Å². The highest BCUT2D eigenvalue weighted by Gasteiger charge is 2.29. The van der Waals surface area contributed by atoms with Gasteiger partial charge in [0.05, 0.1) is 13.0 Å². The van der Waals surface area contributed by atoms with Crippen molar-refractivity contribution in [1.82, 2.24) is 5.32 Å². The van der Waals surface area contributed by atoms with E-state index in [1.807, 2.05) is 0 Å². The van der Waals surface area contributed by atoms with E-state index in [2.05, 4.69) is 10.1 Å². The molecule has 0 heterocycles. The number of esters is 1. The van der Waals surface area contributed by atoms with Crippen molar-refractivity contribution in [1.29, 1.82) is 0 Å². The average molecular weight is 301 g/mol. The van der Waals surface area contributed by atoms with Crippen LogP contribution in [0.25, 0.3) is 0 Å². The van der Waals surface area contributed by atoms with Crippen LogP contribution >= 0.6 is 0 Å². The molecule has 1 atom stereocenters. The topological polar surface area (TPSA) is 110 Å². The number of Topliss-reactive ketones (excluding diaryl/α,β-unsaturated/α-hetero) is 1. The summed E-state index contributed by atoms with van der Waals surface area (Å²) < 4.78 is 4.66. The molecular weight excluding hydrogens is 278 g/mol. The number of carboxylic acids is 1. The number of ketones is 1. The summed E-state index contributed by atoms with van der Waals surface area (Å²) in [5.41, 5.74) is -0.677. The predicted molar refractivity (Wildman–Crippen MR) is 74.5 cm³/mol. The van der Waals surface area contributed by atoms with Gasteiger partial charge in [-0.3, -0.25) is 14.4 Å². The van der Waals surface area contributed by atoms with Crippen molar-refractivity contribution in [3.05, 3.63) is 0 Å². The zero-order valence-electron chi connectivity index (χ0n) is 12.9. The molecule has 7 nitrogen and oxygen atoms in total. The van der Waals surface area contributed by atoms with Crippen molar-refractivity contribution in [2.75, 3.05) is 6.61 Å². The highest BCUT2D eigenvalue weighted by molar-refractivity contribution is 5.92. The first-order chi connectivity index (χ1) is 9.57. The molecule has 1 amide bonds. The number of carbonyl (C=O) groups is 4. The van der Waals surface area contributed by atoms with Crippen LogP contribution in [0, 0.1) is 5.41 Å². The quantitative estimate of drug-likeness (QED) is 0.645. The molecule has 0 aromatic heterocycles. The maximum atomic E-state index is 11.8. The number of hydrogen-bond donors (Lipinski definition) is 2. The first-order valence-corrected chi connectivity index (χ1v) is 6.79. The van der Waals surface area contributed by atoms with E-state index in [1.165, 1.54) is 0 Å². The van der Waals surface area contributed by atoms with E-state index in [9.17, 15) is 19.2 Å². The highest BCUT2D eigenvalue weighted by Crippen LogP contribution is 2.17. The summed E-state index contributed by atoms with van der Waals surface area (Å²) in [5.74, 6) is -2.67. The van der Waals surface area contributed by atoms with E-state index in [4.69, 9.17) is 5.11 Å². The molecule has 120 valence electrons.